The van der Waals surface area contributed by atoms with Crippen molar-refractivity contribution in [3.8, 4) is 6.07 Å². The van der Waals surface area contributed by atoms with Gasteiger partial charge in [-0.3, -0.25) is 4.79 Å². The Balaban J connectivity index is 1.93. The summed E-state index contributed by atoms with van der Waals surface area (Å²) in [6.07, 6.45) is 2.24. The molecule has 0 aliphatic carbocycles. The number of benzene rings is 1. The second-order valence-electron chi connectivity index (χ2n) is 5.17. The number of rotatable bonds is 4. The summed E-state index contributed by atoms with van der Waals surface area (Å²) in [5.41, 5.74) is 0.501. The lowest BCUT2D eigenvalue weighted by molar-refractivity contribution is -0.121. The highest BCUT2D eigenvalue weighted by Crippen LogP contribution is 2.22. The topological polar surface area (TPSA) is 56.1 Å². The van der Waals surface area contributed by atoms with Crippen molar-refractivity contribution in [2.75, 3.05) is 25.0 Å². The summed E-state index contributed by atoms with van der Waals surface area (Å²) in [6.45, 7) is 2.28. The highest BCUT2D eigenvalue weighted by atomic mass is 35.5. The normalized spacial score (nSPS) is 19.0. The largest absolute Gasteiger partial charge is 0.326 e. The van der Waals surface area contributed by atoms with Crippen LogP contribution < -0.4 is 5.32 Å². The molecule has 0 saturated carbocycles. The molecule has 1 atom stereocenters. The molecule has 1 unspecified atom stereocenters. The molecule has 6 heteroatoms. The molecule has 1 aliphatic heterocycles. The van der Waals surface area contributed by atoms with E-state index in [1.54, 1.807) is 0 Å². The Kier molecular flexibility index (Phi) is 5.54. The Morgan fingerprint density at radius 3 is 3.10 bits per heavy atom. The van der Waals surface area contributed by atoms with Crippen LogP contribution in [0.4, 0.5) is 10.1 Å². The second kappa shape index (κ2) is 7.39. The number of hydrogen-bond acceptors (Lipinski definition) is 3. The molecule has 2 rings (SSSR count). The first-order valence-corrected chi connectivity index (χ1v) is 7.33. The molecule has 1 amide bonds. The van der Waals surface area contributed by atoms with E-state index in [0.29, 0.717) is 25.2 Å². The van der Waals surface area contributed by atoms with E-state index in [-0.39, 0.29) is 16.8 Å². The summed E-state index contributed by atoms with van der Waals surface area (Å²) in [7, 11) is 0. The molecule has 112 valence electrons. The minimum atomic E-state index is -0.505. The average molecular weight is 310 g/mol. The number of halogens is 2. The monoisotopic (exact) mass is 309 g/mol. The van der Waals surface area contributed by atoms with Crippen LogP contribution in [0.1, 0.15) is 19.3 Å². The van der Waals surface area contributed by atoms with E-state index in [1.165, 1.54) is 18.2 Å². The van der Waals surface area contributed by atoms with Crippen LogP contribution in [0.5, 0.6) is 0 Å². The van der Waals surface area contributed by atoms with Gasteiger partial charge in [-0.1, -0.05) is 11.6 Å². The number of nitrogens with one attached hydrogen (secondary N) is 1. The molecule has 1 fully saturated rings. The van der Waals surface area contributed by atoms with Gasteiger partial charge in [0.2, 0.25) is 5.91 Å². The number of carbonyl (C=O) groups excluding carboxylic acids is 1. The smallest absolute Gasteiger partial charge is 0.228 e. The number of likely N-dealkylation sites (tertiary alicyclic amines) is 1. The Labute approximate surface area is 128 Å². The predicted octanol–water partition coefficient (Wildman–Crippen LogP) is 3.04. The zero-order valence-corrected chi connectivity index (χ0v) is 12.4. The molecule has 4 nitrogen and oxygen atoms in total. The molecule has 0 bridgehead atoms. The molecule has 1 aromatic carbocycles. The summed E-state index contributed by atoms with van der Waals surface area (Å²) in [6, 6.07) is 6.26. The molecule has 1 N–H and O–H groups in total. The predicted molar refractivity (Wildman–Crippen MR) is 79.4 cm³/mol. The molecule has 0 spiro atoms. The van der Waals surface area contributed by atoms with Crippen LogP contribution in [0.2, 0.25) is 5.02 Å². The lowest BCUT2D eigenvalue weighted by Crippen LogP contribution is -2.41. The van der Waals surface area contributed by atoms with Crippen molar-refractivity contribution in [3.63, 3.8) is 0 Å². The van der Waals surface area contributed by atoms with Gasteiger partial charge in [0.1, 0.15) is 5.82 Å². The van der Waals surface area contributed by atoms with Gasteiger partial charge < -0.3 is 10.2 Å². The van der Waals surface area contributed by atoms with Gasteiger partial charge >= 0.3 is 0 Å². The van der Waals surface area contributed by atoms with Crippen molar-refractivity contribution in [2.24, 2.45) is 5.92 Å². The van der Waals surface area contributed by atoms with Crippen LogP contribution in [-0.2, 0) is 4.79 Å². The van der Waals surface area contributed by atoms with E-state index in [9.17, 15) is 9.18 Å². The molecular weight excluding hydrogens is 293 g/mol. The fourth-order valence-corrected chi connectivity index (χ4v) is 2.68. The average Bonchev–Trinajstić information content (AvgIpc) is 2.49. The maximum absolute atomic E-state index is 13.1. The zero-order valence-electron chi connectivity index (χ0n) is 11.6. The second-order valence-corrected chi connectivity index (χ2v) is 5.57. The first-order chi connectivity index (χ1) is 10.1. The molecular formula is C15H17ClFN3O. The summed E-state index contributed by atoms with van der Waals surface area (Å²) in [5, 5.41) is 11.4. The lowest BCUT2D eigenvalue weighted by Gasteiger charge is -2.31. The Bertz CT molecular complexity index is 558. The van der Waals surface area contributed by atoms with Crippen LogP contribution in [-0.4, -0.2) is 30.4 Å². The third-order valence-electron chi connectivity index (χ3n) is 3.60. The van der Waals surface area contributed by atoms with Crippen molar-refractivity contribution in [2.45, 2.75) is 19.3 Å². The van der Waals surface area contributed by atoms with Gasteiger partial charge in [0.15, 0.2) is 0 Å². The van der Waals surface area contributed by atoms with Crippen LogP contribution in [0.15, 0.2) is 18.2 Å². The molecule has 1 aromatic rings. The number of amides is 1. The van der Waals surface area contributed by atoms with Gasteiger partial charge in [0.25, 0.3) is 0 Å². The minimum Gasteiger partial charge on any atom is -0.326 e. The summed E-state index contributed by atoms with van der Waals surface area (Å²) >= 11 is 5.70. The molecule has 21 heavy (non-hydrogen) atoms. The maximum atomic E-state index is 13.1. The first-order valence-electron chi connectivity index (χ1n) is 6.95. The van der Waals surface area contributed by atoms with E-state index in [4.69, 9.17) is 16.9 Å². The van der Waals surface area contributed by atoms with E-state index < -0.39 is 5.82 Å². The van der Waals surface area contributed by atoms with Crippen molar-refractivity contribution in [3.05, 3.63) is 29.0 Å². The molecule has 0 aromatic heterocycles. The molecule has 1 aliphatic rings. The van der Waals surface area contributed by atoms with Gasteiger partial charge in [0.05, 0.1) is 17.0 Å². The van der Waals surface area contributed by atoms with Gasteiger partial charge in [-0.25, -0.2) is 4.39 Å². The fraction of sp³-hybridized carbons (Fsp3) is 0.467. The number of anilines is 1. The van der Waals surface area contributed by atoms with Crippen LogP contribution in [0.3, 0.4) is 0 Å². The van der Waals surface area contributed by atoms with Gasteiger partial charge in [-0.05, 0) is 37.6 Å². The minimum absolute atomic E-state index is 0.00732. The summed E-state index contributed by atoms with van der Waals surface area (Å²) in [4.78, 5) is 14.4. The quantitative estimate of drug-likeness (QED) is 0.930. The van der Waals surface area contributed by atoms with E-state index in [2.05, 4.69) is 16.3 Å². The Morgan fingerprint density at radius 2 is 2.38 bits per heavy atom. The third-order valence-corrected chi connectivity index (χ3v) is 3.89. The van der Waals surface area contributed by atoms with Crippen LogP contribution >= 0.6 is 11.6 Å². The Hall–Kier alpha value is -1.64. The van der Waals surface area contributed by atoms with Gasteiger partial charge in [0, 0.05) is 25.2 Å². The standard InChI is InChI=1S/C15H17ClFN3O/c16-13-9-12(4-5-14(13)17)19-15(21)11-3-1-7-20(10-11)8-2-6-18/h4-5,9,11H,1-3,7-8,10H2,(H,19,21). The van der Waals surface area contributed by atoms with E-state index >= 15 is 0 Å². The first kappa shape index (κ1) is 15.7. The highest BCUT2D eigenvalue weighted by molar-refractivity contribution is 6.31. The summed E-state index contributed by atoms with van der Waals surface area (Å²) in [5.74, 6) is -0.699. The molecule has 1 saturated heterocycles. The molecule has 1 heterocycles. The van der Waals surface area contributed by atoms with Gasteiger partial charge in [-0.15, -0.1) is 0 Å². The van der Waals surface area contributed by atoms with Crippen LogP contribution in [0, 0.1) is 23.1 Å². The lowest BCUT2D eigenvalue weighted by atomic mass is 9.97. The Morgan fingerprint density at radius 1 is 1.57 bits per heavy atom. The van der Waals surface area contributed by atoms with E-state index in [1.807, 2.05) is 0 Å². The van der Waals surface area contributed by atoms with Crippen molar-refractivity contribution < 1.29 is 9.18 Å². The van der Waals surface area contributed by atoms with Crippen molar-refractivity contribution in [1.29, 1.82) is 5.26 Å². The summed E-state index contributed by atoms with van der Waals surface area (Å²) < 4.78 is 13.1. The molecule has 0 radical (unpaired) electrons. The van der Waals surface area contributed by atoms with Crippen LogP contribution in [0.25, 0.3) is 0 Å². The fourth-order valence-electron chi connectivity index (χ4n) is 2.50. The third kappa shape index (κ3) is 4.42. The van der Waals surface area contributed by atoms with Gasteiger partial charge in [-0.2, -0.15) is 5.26 Å². The SMILES string of the molecule is N#CCCN1CCCC(C(=O)Nc2ccc(F)c(Cl)c2)C1. The maximum Gasteiger partial charge on any atom is 0.228 e. The van der Waals surface area contributed by atoms with Crippen molar-refractivity contribution >= 4 is 23.2 Å². The zero-order chi connectivity index (χ0) is 15.2. The van der Waals surface area contributed by atoms with E-state index in [0.717, 1.165) is 19.4 Å². The van der Waals surface area contributed by atoms with Crippen molar-refractivity contribution in [1.82, 2.24) is 4.90 Å². The highest BCUT2D eigenvalue weighted by Gasteiger charge is 2.25. The number of nitrogens with zero attached hydrogens (tertiary/aromatic N) is 2. The number of piperidine rings is 1. The number of carbonyl (C=O) groups is 1. The number of nitriles is 1. The number of hydrogen-bond donors (Lipinski definition) is 1.